The number of likely N-dealkylation sites (N-methyl/N-ethyl adjacent to an activating group) is 1. The average molecular weight is 509 g/mol. The number of carbonyl (C=O) groups excluding carboxylic acids is 2. The number of allylic oxidation sites excluding steroid dienone is 4. The molecule has 0 saturated heterocycles. The lowest BCUT2D eigenvalue weighted by Crippen LogP contribution is -2.24. The quantitative estimate of drug-likeness (QED) is 0.466. The summed E-state index contributed by atoms with van der Waals surface area (Å²) in [6.45, 7) is 4.10. The number of carbonyl (C=O) groups is 2. The normalized spacial score (nSPS) is 14.6. The van der Waals surface area contributed by atoms with Crippen molar-refractivity contribution in [3.05, 3.63) is 112 Å². The van der Waals surface area contributed by atoms with Crippen LogP contribution in [-0.4, -0.2) is 53.6 Å². The Hall–Kier alpha value is -4.23. The van der Waals surface area contributed by atoms with Gasteiger partial charge in [-0.1, -0.05) is 48.0 Å². The molecule has 3 aromatic rings. The van der Waals surface area contributed by atoms with Crippen molar-refractivity contribution in [3.8, 4) is 5.75 Å². The number of amides is 1. The van der Waals surface area contributed by atoms with E-state index >= 15 is 0 Å². The van der Waals surface area contributed by atoms with Gasteiger partial charge >= 0.3 is 0 Å². The minimum absolute atomic E-state index is 0.0513. The molecule has 0 spiro atoms. The van der Waals surface area contributed by atoms with Crippen molar-refractivity contribution in [2.45, 2.75) is 26.3 Å². The van der Waals surface area contributed by atoms with E-state index in [1.165, 1.54) is 5.56 Å². The van der Waals surface area contributed by atoms with Crippen molar-refractivity contribution in [3.63, 3.8) is 0 Å². The summed E-state index contributed by atoms with van der Waals surface area (Å²) in [5.41, 5.74) is 7.24. The van der Waals surface area contributed by atoms with Crippen LogP contribution in [-0.2, 0) is 17.8 Å². The Labute approximate surface area is 223 Å². The number of ether oxygens (including phenoxy) is 1. The first-order valence-electron chi connectivity index (χ1n) is 12.8. The number of aromatic nitrogens is 2. The number of rotatable bonds is 9. The van der Waals surface area contributed by atoms with Crippen LogP contribution in [0.2, 0.25) is 0 Å². The van der Waals surface area contributed by atoms with Gasteiger partial charge in [0.25, 0.3) is 5.91 Å². The van der Waals surface area contributed by atoms with E-state index in [9.17, 15) is 9.59 Å². The number of ketones is 1. The number of nitrogens with one attached hydrogen (secondary N) is 1. The van der Waals surface area contributed by atoms with Crippen LogP contribution >= 0.6 is 0 Å². The van der Waals surface area contributed by atoms with Gasteiger partial charge in [0.1, 0.15) is 12.4 Å². The van der Waals surface area contributed by atoms with Crippen molar-refractivity contribution >= 4 is 17.8 Å². The van der Waals surface area contributed by atoms with Gasteiger partial charge in [0.05, 0.1) is 18.3 Å². The minimum Gasteiger partial charge on any atom is -0.492 e. The molecular formula is C31H32N4O3. The Kier molecular flexibility index (Phi) is 7.38. The second-order valence-corrected chi connectivity index (χ2v) is 10.1. The van der Waals surface area contributed by atoms with Gasteiger partial charge in [-0.2, -0.15) is 5.10 Å². The fourth-order valence-corrected chi connectivity index (χ4v) is 4.54. The molecule has 1 N–H and O–H groups in total. The molecule has 0 atom stereocenters. The summed E-state index contributed by atoms with van der Waals surface area (Å²) < 4.78 is 7.62. The molecule has 0 saturated carbocycles. The van der Waals surface area contributed by atoms with Gasteiger partial charge in [0.15, 0.2) is 5.78 Å². The smallest absolute Gasteiger partial charge is 0.258 e. The molecule has 2 aliphatic rings. The maximum Gasteiger partial charge on any atom is 0.258 e. The molecule has 5 rings (SSSR count). The van der Waals surface area contributed by atoms with Gasteiger partial charge in [0, 0.05) is 30.4 Å². The first-order chi connectivity index (χ1) is 18.3. The highest BCUT2D eigenvalue weighted by Gasteiger charge is 2.24. The van der Waals surface area contributed by atoms with E-state index in [0.29, 0.717) is 36.4 Å². The molecule has 1 aromatic heterocycles. The summed E-state index contributed by atoms with van der Waals surface area (Å²) in [7, 11) is 4.03. The molecule has 194 valence electrons. The number of hydrogen-bond acceptors (Lipinski definition) is 5. The van der Waals surface area contributed by atoms with Crippen molar-refractivity contribution in [1.29, 1.82) is 0 Å². The van der Waals surface area contributed by atoms with Crippen molar-refractivity contribution in [2.24, 2.45) is 0 Å². The molecular weight excluding hydrogens is 476 g/mol. The number of fused-ring (bicyclic) bond motifs is 1. The standard InChI is InChI=1S/C31H32N4O3/c1-21-4-6-22(7-5-21)19-35-20-26(18-32-35)31(37)33-27-9-11-30(36)29(17-27)25-14-23-8-10-28(16-24(23)15-25)38-13-12-34(2)3/h4-10,15-18,20H,11-14,19H2,1-3H3,(H,33,37). The van der Waals surface area contributed by atoms with E-state index < -0.39 is 0 Å². The molecule has 2 aliphatic carbocycles. The van der Waals surface area contributed by atoms with Crippen molar-refractivity contribution in [1.82, 2.24) is 20.0 Å². The van der Waals surface area contributed by atoms with Gasteiger partial charge < -0.3 is 15.0 Å². The molecule has 7 heteroatoms. The zero-order valence-corrected chi connectivity index (χ0v) is 22.0. The third kappa shape index (κ3) is 6.01. The number of nitrogens with zero attached hydrogens (tertiary/aromatic N) is 3. The highest BCUT2D eigenvalue weighted by atomic mass is 16.5. The van der Waals surface area contributed by atoms with Crippen LogP contribution in [0.3, 0.4) is 0 Å². The number of hydrogen-bond donors (Lipinski definition) is 1. The highest BCUT2D eigenvalue weighted by Crippen LogP contribution is 2.34. The van der Waals surface area contributed by atoms with E-state index in [1.54, 1.807) is 29.2 Å². The first-order valence-corrected chi connectivity index (χ1v) is 12.8. The van der Waals surface area contributed by atoms with Gasteiger partial charge in [-0.15, -0.1) is 0 Å². The Morgan fingerprint density at radius 3 is 2.74 bits per heavy atom. The Bertz CT molecular complexity index is 1460. The van der Waals surface area contributed by atoms with E-state index in [2.05, 4.69) is 58.6 Å². The lowest BCUT2D eigenvalue weighted by Gasteiger charge is -2.15. The van der Waals surface area contributed by atoms with E-state index in [4.69, 9.17) is 4.74 Å². The summed E-state index contributed by atoms with van der Waals surface area (Å²) in [5, 5.41) is 7.29. The van der Waals surface area contributed by atoms with Crippen LogP contribution in [0.25, 0.3) is 6.08 Å². The molecule has 0 radical (unpaired) electrons. The molecule has 2 aromatic carbocycles. The monoisotopic (exact) mass is 508 g/mol. The largest absolute Gasteiger partial charge is 0.492 e. The molecule has 0 fully saturated rings. The molecule has 0 bridgehead atoms. The molecule has 1 amide bonds. The predicted molar refractivity (Wildman–Crippen MR) is 148 cm³/mol. The molecule has 0 unspecified atom stereocenters. The van der Waals surface area contributed by atoms with Crippen LogP contribution in [0.5, 0.6) is 5.75 Å². The van der Waals surface area contributed by atoms with Gasteiger partial charge in [-0.25, -0.2) is 0 Å². The maximum atomic E-state index is 12.9. The second kappa shape index (κ2) is 11.0. The number of aryl methyl sites for hydroxylation is 1. The number of Topliss-reactive ketones (excluding diaryl/α,β-unsaturated/α-hetero) is 1. The summed E-state index contributed by atoms with van der Waals surface area (Å²) in [6.07, 6.45) is 9.84. The molecule has 0 aliphatic heterocycles. The van der Waals surface area contributed by atoms with Gasteiger partial charge in [-0.3, -0.25) is 14.3 Å². The number of benzene rings is 2. The minimum atomic E-state index is -0.250. The second-order valence-electron chi connectivity index (χ2n) is 10.1. The van der Waals surface area contributed by atoms with E-state index in [0.717, 1.165) is 34.6 Å². The lowest BCUT2D eigenvalue weighted by atomic mass is 9.93. The summed E-state index contributed by atoms with van der Waals surface area (Å²) in [6, 6.07) is 14.3. The fourth-order valence-electron chi connectivity index (χ4n) is 4.54. The fraction of sp³-hybridized carbons (Fsp3) is 0.258. The zero-order chi connectivity index (χ0) is 26.6. The van der Waals surface area contributed by atoms with Crippen LogP contribution < -0.4 is 10.1 Å². The van der Waals surface area contributed by atoms with Gasteiger partial charge in [-0.05, 0) is 67.9 Å². The van der Waals surface area contributed by atoms with Crippen molar-refractivity contribution in [2.75, 3.05) is 27.2 Å². The third-order valence-corrected chi connectivity index (χ3v) is 6.71. The van der Waals surface area contributed by atoms with Crippen LogP contribution in [0.1, 0.15) is 39.0 Å². The van der Waals surface area contributed by atoms with Crippen molar-refractivity contribution < 1.29 is 14.3 Å². The molecule has 7 nitrogen and oxygen atoms in total. The average Bonchev–Trinajstić information content (AvgIpc) is 3.53. The maximum absolute atomic E-state index is 12.9. The Morgan fingerprint density at radius 2 is 1.95 bits per heavy atom. The van der Waals surface area contributed by atoms with E-state index in [-0.39, 0.29) is 18.1 Å². The highest BCUT2D eigenvalue weighted by molar-refractivity contribution is 6.04. The SMILES string of the molecule is Cc1ccc(Cn2cc(C(=O)NC3=CCC(=O)C(C4=Cc5cc(OCCN(C)C)ccc5C4)=C3)cn2)cc1. The third-order valence-electron chi connectivity index (χ3n) is 6.71. The Balaban J connectivity index is 1.24. The first kappa shape index (κ1) is 25.4. The Morgan fingerprint density at radius 1 is 1.13 bits per heavy atom. The van der Waals surface area contributed by atoms with Gasteiger partial charge in [0.2, 0.25) is 0 Å². The predicted octanol–water partition coefficient (Wildman–Crippen LogP) is 4.33. The lowest BCUT2D eigenvalue weighted by molar-refractivity contribution is -0.114. The van der Waals surface area contributed by atoms with Crippen LogP contribution in [0.4, 0.5) is 0 Å². The van der Waals surface area contributed by atoms with Crippen LogP contribution in [0, 0.1) is 6.92 Å². The summed E-state index contributed by atoms with van der Waals surface area (Å²) in [4.78, 5) is 27.8. The summed E-state index contributed by atoms with van der Waals surface area (Å²) >= 11 is 0. The molecule has 1 heterocycles. The topological polar surface area (TPSA) is 76.5 Å². The summed E-state index contributed by atoms with van der Waals surface area (Å²) in [5.74, 6) is 0.623. The molecule has 38 heavy (non-hydrogen) atoms. The van der Waals surface area contributed by atoms with Crippen LogP contribution in [0.15, 0.2) is 83.9 Å². The van der Waals surface area contributed by atoms with E-state index in [1.807, 2.05) is 26.2 Å². The zero-order valence-electron chi connectivity index (χ0n) is 22.0.